The Morgan fingerprint density at radius 3 is 2.57 bits per heavy atom. The monoisotopic (exact) mass is 288 g/mol. The maximum Gasteiger partial charge on any atom is 0.118 e. The molecule has 0 amide bonds. The molecule has 3 rings (SSSR count). The average molecular weight is 288 g/mol. The molecule has 0 atom stereocenters. The fourth-order valence-electron chi connectivity index (χ4n) is 2.54. The number of rotatable bonds is 7. The summed E-state index contributed by atoms with van der Waals surface area (Å²) in [6.45, 7) is 6.52. The maximum absolute atomic E-state index is 5.87. The highest BCUT2D eigenvalue weighted by atomic mass is 16.3. The Hall–Kier alpha value is -1.52. The maximum atomic E-state index is 5.87. The highest BCUT2D eigenvalue weighted by Gasteiger charge is 2.21. The first kappa shape index (κ1) is 14.4. The van der Waals surface area contributed by atoms with Crippen molar-refractivity contribution < 1.29 is 8.83 Å². The van der Waals surface area contributed by atoms with Gasteiger partial charge >= 0.3 is 0 Å². The number of furan rings is 2. The molecule has 0 bridgehead atoms. The van der Waals surface area contributed by atoms with E-state index in [0.717, 1.165) is 48.7 Å². The van der Waals surface area contributed by atoms with Crippen LogP contribution in [0.4, 0.5) is 0 Å². The van der Waals surface area contributed by atoms with E-state index in [9.17, 15) is 0 Å². The van der Waals surface area contributed by atoms with Gasteiger partial charge in [-0.3, -0.25) is 4.90 Å². The minimum atomic E-state index is 0.729. The summed E-state index contributed by atoms with van der Waals surface area (Å²) in [4.78, 5) is 2.20. The van der Waals surface area contributed by atoms with Gasteiger partial charge in [0.15, 0.2) is 0 Å². The second-order valence-corrected chi connectivity index (χ2v) is 6.13. The van der Waals surface area contributed by atoms with Crippen LogP contribution in [0.25, 0.3) is 0 Å². The first-order chi connectivity index (χ1) is 10.1. The van der Waals surface area contributed by atoms with Crippen molar-refractivity contribution >= 4 is 0 Å². The summed E-state index contributed by atoms with van der Waals surface area (Å²) < 4.78 is 11.5. The quantitative estimate of drug-likeness (QED) is 0.848. The van der Waals surface area contributed by atoms with Crippen LogP contribution in [0.3, 0.4) is 0 Å². The number of aryl methyl sites for hydroxylation is 2. The van der Waals surface area contributed by atoms with E-state index < -0.39 is 0 Å². The van der Waals surface area contributed by atoms with Gasteiger partial charge < -0.3 is 14.2 Å². The zero-order valence-corrected chi connectivity index (χ0v) is 13.1. The van der Waals surface area contributed by atoms with Crippen LogP contribution in [0.15, 0.2) is 27.0 Å². The molecule has 1 fully saturated rings. The summed E-state index contributed by atoms with van der Waals surface area (Å²) in [6.07, 6.45) is 2.63. The van der Waals surface area contributed by atoms with Gasteiger partial charge in [-0.05, 0) is 51.9 Å². The molecule has 4 nitrogen and oxygen atoms in total. The first-order valence-corrected chi connectivity index (χ1v) is 7.65. The Labute approximate surface area is 126 Å². The van der Waals surface area contributed by atoms with Crippen LogP contribution in [-0.2, 0) is 19.6 Å². The molecule has 1 N–H and O–H groups in total. The van der Waals surface area contributed by atoms with Crippen molar-refractivity contribution in [1.29, 1.82) is 0 Å². The third kappa shape index (κ3) is 3.99. The minimum absolute atomic E-state index is 0.729. The van der Waals surface area contributed by atoms with Gasteiger partial charge in [0.1, 0.15) is 23.0 Å². The van der Waals surface area contributed by atoms with Crippen LogP contribution in [0.1, 0.15) is 41.4 Å². The van der Waals surface area contributed by atoms with Crippen LogP contribution in [0.2, 0.25) is 0 Å². The average Bonchev–Trinajstić information content (AvgIpc) is 3.07. The topological polar surface area (TPSA) is 41.5 Å². The van der Waals surface area contributed by atoms with Gasteiger partial charge in [0, 0.05) is 18.2 Å². The Balaban J connectivity index is 1.54. The Kier molecular flexibility index (Phi) is 4.17. The number of nitrogens with zero attached hydrogens (tertiary/aromatic N) is 1. The van der Waals surface area contributed by atoms with E-state index in [0.29, 0.717) is 0 Å². The molecule has 2 aromatic rings. The molecular weight excluding hydrogens is 264 g/mol. The van der Waals surface area contributed by atoms with Crippen LogP contribution in [-0.4, -0.2) is 18.0 Å². The fourth-order valence-corrected chi connectivity index (χ4v) is 2.54. The largest absolute Gasteiger partial charge is 0.465 e. The van der Waals surface area contributed by atoms with Crippen LogP contribution in [0, 0.1) is 13.8 Å². The molecule has 1 aliphatic rings. The predicted molar refractivity (Wildman–Crippen MR) is 81.9 cm³/mol. The van der Waals surface area contributed by atoms with Gasteiger partial charge in [-0.2, -0.15) is 0 Å². The molecular formula is C17H24N2O2. The third-order valence-corrected chi connectivity index (χ3v) is 3.88. The molecule has 2 aromatic heterocycles. The second-order valence-electron chi connectivity index (χ2n) is 6.13. The van der Waals surface area contributed by atoms with E-state index >= 15 is 0 Å². The zero-order chi connectivity index (χ0) is 14.8. The molecule has 4 heteroatoms. The van der Waals surface area contributed by atoms with Crippen molar-refractivity contribution in [2.45, 2.75) is 52.4 Å². The number of hydrogen-bond donors (Lipinski definition) is 1. The lowest BCUT2D eigenvalue weighted by molar-refractivity contribution is 0.261. The lowest BCUT2D eigenvalue weighted by Crippen LogP contribution is -2.16. The summed E-state index contributed by atoms with van der Waals surface area (Å²) in [5, 5.41) is 3.53. The molecule has 1 aliphatic carbocycles. The summed E-state index contributed by atoms with van der Waals surface area (Å²) >= 11 is 0. The van der Waals surface area contributed by atoms with Crippen molar-refractivity contribution in [3.8, 4) is 0 Å². The third-order valence-electron chi connectivity index (χ3n) is 3.88. The van der Waals surface area contributed by atoms with Crippen LogP contribution >= 0.6 is 0 Å². The normalized spacial score (nSPS) is 15.0. The molecule has 0 aliphatic heterocycles. The molecule has 0 saturated heterocycles. The molecule has 0 aromatic carbocycles. The Bertz CT molecular complexity index is 596. The van der Waals surface area contributed by atoms with Crippen molar-refractivity contribution in [2.24, 2.45) is 0 Å². The number of nitrogens with one attached hydrogen (secondary N) is 1. The molecule has 0 spiro atoms. The summed E-state index contributed by atoms with van der Waals surface area (Å²) in [6, 6.07) is 6.94. The van der Waals surface area contributed by atoms with Crippen LogP contribution in [0.5, 0.6) is 0 Å². The van der Waals surface area contributed by atoms with Gasteiger partial charge in [-0.15, -0.1) is 0 Å². The van der Waals surface area contributed by atoms with E-state index in [1.807, 2.05) is 26.0 Å². The second kappa shape index (κ2) is 6.08. The van der Waals surface area contributed by atoms with E-state index in [1.165, 1.54) is 18.4 Å². The molecule has 1 saturated carbocycles. The zero-order valence-electron chi connectivity index (χ0n) is 13.1. The highest BCUT2D eigenvalue weighted by Crippen LogP contribution is 2.22. The van der Waals surface area contributed by atoms with Crippen molar-refractivity contribution in [2.75, 3.05) is 7.05 Å². The van der Waals surface area contributed by atoms with Crippen molar-refractivity contribution in [3.63, 3.8) is 0 Å². The lowest BCUT2D eigenvalue weighted by Gasteiger charge is -2.12. The SMILES string of the molecule is Cc1ccc(CN(C)Cc2cc(CNC3CC3)c(C)o2)o1. The van der Waals surface area contributed by atoms with E-state index in [-0.39, 0.29) is 0 Å². The van der Waals surface area contributed by atoms with Gasteiger partial charge in [0.25, 0.3) is 0 Å². The first-order valence-electron chi connectivity index (χ1n) is 7.65. The van der Waals surface area contributed by atoms with Crippen molar-refractivity contribution in [1.82, 2.24) is 10.2 Å². The standard InChI is InChI=1S/C17H24N2O2/c1-12-4-7-16(20-12)10-19(3)11-17-8-14(13(2)21-17)9-18-15-5-6-15/h4,7-8,15,18H,5-6,9-11H2,1-3H3. The summed E-state index contributed by atoms with van der Waals surface area (Å²) in [7, 11) is 2.08. The molecule has 0 radical (unpaired) electrons. The Morgan fingerprint density at radius 2 is 1.90 bits per heavy atom. The number of hydrogen-bond acceptors (Lipinski definition) is 4. The summed E-state index contributed by atoms with van der Waals surface area (Å²) in [5.41, 5.74) is 1.28. The van der Waals surface area contributed by atoms with E-state index in [2.05, 4.69) is 23.3 Å². The van der Waals surface area contributed by atoms with E-state index in [4.69, 9.17) is 8.83 Å². The molecule has 2 heterocycles. The van der Waals surface area contributed by atoms with Gasteiger partial charge in [0.05, 0.1) is 13.1 Å². The highest BCUT2D eigenvalue weighted by molar-refractivity contribution is 5.21. The lowest BCUT2D eigenvalue weighted by atomic mass is 10.2. The molecule has 0 unspecified atom stereocenters. The minimum Gasteiger partial charge on any atom is -0.465 e. The van der Waals surface area contributed by atoms with Gasteiger partial charge in [-0.1, -0.05) is 0 Å². The van der Waals surface area contributed by atoms with Crippen molar-refractivity contribution in [3.05, 3.63) is 46.8 Å². The molecule has 114 valence electrons. The Morgan fingerprint density at radius 1 is 1.14 bits per heavy atom. The van der Waals surface area contributed by atoms with E-state index in [1.54, 1.807) is 0 Å². The van der Waals surface area contributed by atoms with Gasteiger partial charge in [0.2, 0.25) is 0 Å². The summed E-state index contributed by atoms with van der Waals surface area (Å²) in [5.74, 6) is 4.00. The molecule has 21 heavy (non-hydrogen) atoms. The predicted octanol–water partition coefficient (Wildman–Crippen LogP) is 3.37. The fraction of sp³-hybridized carbons (Fsp3) is 0.529. The van der Waals surface area contributed by atoms with Crippen LogP contribution < -0.4 is 5.32 Å². The smallest absolute Gasteiger partial charge is 0.118 e. The van der Waals surface area contributed by atoms with Gasteiger partial charge in [-0.25, -0.2) is 0 Å².